The van der Waals surface area contributed by atoms with E-state index in [1.165, 1.54) is 20.9 Å². The van der Waals surface area contributed by atoms with Gasteiger partial charge in [-0.05, 0) is 61.7 Å². The van der Waals surface area contributed by atoms with Gasteiger partial charge in [0.05, 0.1) is 0 Å². The number of hydrogen-bond acceptors (Lipinski definition) is 2. The maximum atomic E-state index is 3.71. The van der Waals surface area contributed by atoms with Crippen LogP contribution < -0.4 is 5.32 Å². The minimum atomic E-state index is 0.404. The molecule has 0 amide bonds. The SMILES string of the molecule is CCCNC(Cc1ccc(CC)s1)c1ccc(Br)cc1C. The normalized spacial score (nSPS) is 12.6. The number of hydrogen-bond donors (Lipinski definition) is 1. The van der Waals surface area contributed by atoms with Crippen LogP contribution in [0.5, 0.6) is 0 Å². The fourth-order valence-electron chi connectivity index (χ4n) is 2.56. The second kappa shape index (κ2) is 8.11. The molecule has 1 heterocycles. The molecule has 0 bridgehead atoms. The van der Waals surface area contributed by atoms with Crippen molar-refractivity contribution in [1.29, 1.82) is 0 Å². The van der Waals surface area contributed by atoms with Gasteiger partial charge in [-0.3, -0.25) is 0 Å². The summed E-state index contributed by atoms with van der Waals surface area (Å²) in [5.41, 5.74) is 2.77. The van der Waals surface area contributed by atoms with Gasteiger partial charge in [-0.2, -0.15) is 0 Å². The van der Waals surface area contributed by atoms with Gasteiger partial charge in [0.15, 0.2) is 0 Å². The van der Waals surface area contributed by atoms with E-state index in [1.54, 1.807) is 0 Å². The molecule has 1 N–H and O–H groups in total. The number of nitrogens with one attached hydrogen (secondary N) is 1. The molecule has 1 aromatic heterocycles. The number of halogens is 1. The van der Waals surface area contributed by atoms with Gasteiger partial charge in [0.1, 0.15) is 0 Å². The lowest BCUT2D eigenvalue weighted by Crippen LogP contribution is -2.24. The van der Waals surface area contributed by atoms with Crippen molar-refractivity contribution in [2.45, 2.75) is 46.1 Å². The van der Waals surface area contributed by atoms with Crippen molar-refractivity contribution in [2.24, 2.45) is 0 Å². The first-order valence-corrected chi connectivity index (χ1v) is 9.32. The third-order valence-electron chi connectivity index (χ3n) is 3.72. The molecule has 2 aromatic rings. The Morgan fingerprint density at radius 1 is 1.14 bits per heavy atom. The lowest BCUT2D eigenvalue weighted by Gasteiger charge is -2.20. The maximum absolute atomic E-state index is 3.71. The molecule has 0 saturated heterocycles. The van der Waals surface area contributed by atoms with E-state index in [0.29, 0.717) is 6.04 Å². The molecular weight excluding hydrogens is 342 g/mol. The fraction of sp³-hybridized carbons (Fsp3) is 0.444. The zero-order valence-electron chi connectivity index (χ0n) is 13.1. The molecule has 0 aliphatic carbocycles. The van der Waals surface area contributed by atoms with E-state index in [4.69, 9.17) is 0 Å². The van der Waals surface area contributed by atoms with Crippen molar-refractivity contribution in [2.75, 3.05) is 6.54 Å². The summed E-state index contributed by atoms with van der Waals surface area (Å²) in [6, 6.07) is 11.6. The summed E-state index contributed by atoms with van der Waals surface area (Å²) in [5, 5.41) is 3.71. The van der Waals surface area contributed by atoms with Crippen LogP contribution >= 0.6 is 27.3 Å². The van der Waals surface area contributed by atoms with Crippen LogP contribution in [0.1, 0.15) is 47.2 Å². The second-order valence-electron chi connectivity index (χ2n) is 5.43. The second-order valence-corrected chi connectivity index (χ2v) is 7.60. The van der Waals surface area contributed by atoms with Crippen LogP contribution in [-0.4, -0.2) is 6.54 Å². The Balaban J connectivity index is 2.20. The summed E-state index contributed by atoms with van der Waals surface area (Å²) >= 11 is 5.51. The average molecular weight is 366 g/mol. The van der Waals surface area contributed by atoms with E-state index in [0.717, 1.165) is 30.3 Å². The van der Waals surface area contributed by atoms with Crippen LogP contribution in [0.25, 0.3) is 0 Å². The lowest BCUT2D eigenvalue weighted by atomic mass is 9.98. The Bertz CT molecular complexity index is 576. The quantitative estimate of drug-likeness (QED) is 0.666. The zero-order chi connectivity index (χ0) is 15.2. The minimum absolute atomic E-state index is 0.404. The van der Waals surface area contributed by atoms with Crippen molar-refractivity contribution < 1.29 is 0 Å². The summed E-state index contributed by atoms with van der Waals surface area (Å²) < 4.78 is 1.15. The van der Waals surface area contributed by atoms with Gasteiger partial charge in [0.25, 0.3) is 0 Å². The lowest BCUT2D eigenvalue weighted by molar-refractivity contribution is 0.530. The van der Waals surface area contributed by atoms with E-state index >= 15 is 0 Å². The molecule has 0 radical (unpaired) electrons. The topological polar surface area (TPSA) is 12.0 Å². The van der Waals surface area contributed by atoms with E-state index in [-0.39, 0.29) is 0 Å². The predicted molar refractivity (Wildman–Crippen MR) is 97.3 cm³/mol. The summed E-state index contributed by atoms with van der Waals surface area (Å²) in [6.07, 6.45) is 3.37. The number of aryl methyl sites for hydroxylation is 2. The Morgan fingerprint density at radius 3 is 2.52 bits per heavy atom. The van der Waals surface area contributed by atoms with Gasteiger partial charge < -0.3 is 5.32 Å². The molecule has 114 valence electrons. The van der Waals surface area contributed by atoms with Crippen molar-refractivity contribution in [3.05, 3.63) is 55.7 Å². The first-order valence-electron chi connectivity index (χ1n) is 7.71. The highest BCUT2D eigenvalue weighted by Gasteiger charge is 2.15. The standard InChI is InChI=1S/C18H24BrNS/c1-4-10-20-18(12-16-8-7-15(5-2)21-16)17-9-6-14(19)11-13(17)3/h6-9,11,18,20H,4-5,10,12H2,1-3H3. The fourth-order valence-corrected chi connectivity index (χ4v) is 4.04. The first kappa shape index (κ1) is 16.7. The highest BCUT2D eigenvalue weighted by Crippen LogP contribution is 2.27. The Labute approximate surface area is 140 Å². The van der Waals surface area contributed by atoms with Crippen LogP contribution in [0.15, 0.2) is 34.8 Å². The molecule has 21 heavy (non-hydrogen) atoms. The molecular formula is C18H24BrNS. The average Bonchev–Trinajstić information content (AvgIpc) is 2.91. The van der Waals surface area contributed by atoms with Gasteiger partial charge >= 0.3 is 0 Å². The van der Waals surface area contributed by atoms with Crippen molar-refractivity contribution in [1.82, 2.24) is 5.32 Å². The van der Waals surface area contributed by atoms with Crippen molar-refractivity contribution in [3.63, 3.8) is 0 Å². The van der Waals surface area contributed by atoms with Gasteiger partial charge in [-0.1, -0.05) is 35.8 Å². The van der Waals surface area contributed by atoms with Gasteiger partial charge in [0, 0.05) is 26.7 Å². The Morgan fingerprint density at radius 2 is 1.90 bits per heavy atom. The molecule has 0 aliphatic heterocycles. The van der Waals surface area contributed by atoms with E-state index in [9.17, 15) is 0 Å². The third kappa shape index (κ3) is 4.67. The molecule has 2 rings (SSSR count). The maximum Gasteiger partial charge on any atom is 0.0371 e. The van der Waals surface area contributed by atoms with Crippen LogP contribution in [0, 0.1) is 6.92 Å². The molecule has 0 fully saturated rings. The van der Waals surface area contributed by atoms with E-state index < -0.39 is 0 Å². The van der Waals surface area contributed by atoms with E-state index in [1.807, 2.05) is 11.3 Å². The largest absolute Gasteiger partial charge is 0.310 e. The molecule has 1 unspecified atom stereocenters. The Kier molecular flexibility index (Phi) is 6.46. The third-order valence-corrected chi connectivity index (χ3v) is 5.46. The van der Waals surface area contributed by atoms with Gasteiger partial charge in [0.2, 0.25) is 0 Å². The predicted octanol–water partition coefficient (Wildman–Crippen LogP) is 5.66. The van der Waals surface area contributed by atoms with Crippen LogP contribution in [0.4, 0.5) is 0 Å². The van der Waals surface area contributed by atoms with Gasteiger partial charge in [-0.15, -0.1) is 11.3 Å². The molecule has 1 nitrogen and oxygen atoms in total. The first-order chi connectivity index (χ1) is 10.1. The summed E-state index contributed by atoms with van der Waals surface area (Å²) in [6.45, 7) is 7.71. The van der Waals surface area contributed by atoms with Crippen LogP contribution in [-0.2, 0) is 12.8 Å². The summed E-state index contributed by atoms with van der Waals surface area (Å²) in [7, 11) is 0. The van der Waals surface area contributed by atoms with Crippen LogP contribution in [0.2, 0.25) is 0 Å². The summed E-state index contributed by atoms with van der Waals surface area (Å²) in [5.74, 6) is 0. The van der Waals surface area contributed by atoms with Crippen molar-refractivity contribution in [3.8, 4) is 0 Å². The number of thiophene rings is 1. The monoisotopic (exact) mass is 365 g/mol. The highest BCUT2D eigenvalue weighted by molar-refractivity contribution is 9.10. The number of benzene rings is 1. The number of rotatable bonds is 7. The smallest absolute Gasteiger partial charge is 0.0371 e. The molecule has 0 spiro atoms. The molecule has 0 saturated carbocycles. The van der Waals surface area contributed by atoms with E-state index in [2.05, 4.69) is 72.3 Å². The molecule has 0 aliphatic rings. The van der Waals surface area contributed by atoms with Gasteiger partial charge in [-0.25, -0.2) is 0 Å². The minimum Gasteiger partial charge on any atom is -0.310 e. The van der Waals surface area contributed by atoms with Crippen molar-refractivity contribution >= 4 is 27.3 Å². The van der Waals surface area contributed by atoms with Crippen LogP contribution in [0.3, 0.4) is 0 Å². The molecule has 1 aromatic carbocycles. The molecule has 3 heteroatoms. The zero-order valence-corrected chi connectivity index (χ0v) is 15.5. The highest BCUT2D eigenvalue weighted by atomic mass is 79.9. The Hall–Kier alpha value is -0.640. The molecule has 1 atom stereocenters. The summed E-state index contributed by atoms with van der Waals surface area (Å²) in [4.78, 5) is 2.95.